The minimum absolute atomic E-state index is 0.0136. The maximum atomic E-state index is 12.5. The van der Waals surface area contributed by atoms with Crippen molar-refractivity contribution in [1.29, 1.82) is 0 Å². The van der Waals surface area contributed by atoms with Crippen molar-refractivity contribution in [3.05, 3.63) is 48.2 Å². The van der Waals surface area contributed by atoms with Crippen LogP contribution in [0.15, 0.2) is 42.6 Å². The lowest BCUT2D eigenvalue weighted by atomic mass is 10.1. The summed E-state index contributed by atoms with van der Waals surface area (Å²) < 4.78 is 48.4. The smallest absolute Gasteiger partial charge is 0.417 e. The number of halogens is 3. The molecule has 0 spiro atoms. The van der Waals surface area contributed by atoms with Gasteiger partial charge in [0.25, 0.3) is 0 Å². The number of nitrogens with zero attached hydrogens (tertiary/aromatic N) is 1. The molecule has 8 heteroatoms. The first kappa shape index (κ1) is 20.5. The molecule has 27 heavy (non-hydrogen) atoms. The van der Waals surface area contributed by atoms with Gasteiger partial charge in [-0.05, 0) is 43.2 Å². The Balaban J connectivity index is 1.97. The van der Waals surface area contributed by atoms with Crippen molar-refractivity contribution in [2.45, 2.75) is 44.9 Å². The zero-order valence-corrected chi connectivity index (χ0v) is 14.7. The van der Waals surface area contributed by atoms with Gasteiger partial charge in [0.2, 0.25) is 5.88 Å². The Kier molecular flexibility index (Phi) is 7.04. The number of pyridine rings is 1. The third kappa shape index (κ3) is 6.47. The molecule has 0 radical (unpaired) electrons. The zero-order valence-electron chi connectivity index (χ0n) is 14.7. The maximum Gasteiger partial charge on any atom is 0.417 e. The first-order chi connectivity index (χ1) is 12.8. The van der Waals surface area contributed by atoms with Crippen molar-refractivity contribution in [3.8, 4) is 17.4 Å². The predicted molar refractivity (Wildman–Crippen MR) is 91.9 cm³/mol. The Morgan fingerprint density at radius 3 is 2.30 bits per heavy atom. The van der Waals surface area contributed by atoms with Crippen LogP contribution < -0.4 is 9.47 Å². The van der Waals surface area contributed by atoms with Crippen LogP contribution in [-0.4, -0.2) is 22.2 Å². The summed E-state index contributed by atoms with van der Waals surface area (Å²) in [7, 11) is 0. The van der Waals surface area contributed by atoms with Gasteiger partial charge in [-0.1, -0.05) is 19.8 Å². The predicted octanol–water partition coefficient (Wildman–Crippen LogP) is 5.31. The largest absolute Gasteiger partial charge is 0.479 e. The summed E-state index contributed by atoms with van der Waals surface area (Å²) >= 11 is 0. The highest BCUT2D eigenvalue weighted by Crippen LogP contribution is 2.30. The minimum Gasteiger partial charge on any atom is -0.479 e. The van der Waals surface area contributed by atoms with Crippen LogP contribution in [0.1, 0.15) is 38.2 Å². The number of alkyl halides is 3. The molecule has 0 saturated carbocycles. The normalized spacial score (nSPS) is 12.4. The third-order valence-electron chi connectivity index (χ3n) is 3.73. The molecule has 0 aliphatic rings. The molecule has 1 N–H and O–H groups in total. The van der Waals surface area contributed by atoms with Crippen LogP contribution >= 0.6 is 0 Å². The lowest BCUT2D eigenvalue weighted by molar-refractivity contribution is -0.145. The molecule has 0 saturated heterocycles. The van der Waals surface area contributed by atoms with Crippen LogP contribution in [0.2, 0.25) is 0 Å². The monoisotopic (exact) mass is 383 g/mol. The van der Waals surface area contributed by atoms with E-state index in [9.17, 15) is 23.1 Å². The van der Waals surface area contributed by atoms with E-state index in [0.29, 0.717) is 24.1 Å². The summed E-state index contributed by atoms with van der Waals surface area (Å²) in [5.41, 5.74) is -0.860. The van der Waals surface area contributed by atoms with Crippen molar-refractivity contribution in [2.75, 3.05) is 0 Å². The van der Waals surface area contributed by atoms with Crippen molar-refractivity contribution < 1.29 is 32.5 Å². The Hall–Kier alpha value is -2.77. The molecule has 0 unspecified atom stereocenters. The Bertz CT molecular complexity index is 730. The summed E-state index contributed by atoms with van der Waals surface area (Å²) in [6, 6.07) is 8.14. The summed E-state index contributed by atoms with van der Waals surface area (Å²) in [6.45, 7) is 2.03. The molecule has 1 heterocycles. The maximum absolute atomic E-state index is 12.5. The third-order valence-corrected chi connectivity index (χ3v) is 3.73. The fraction of sp³-hybridized carbons (Fsp3) is 0.368. The quantitative estimate of drug-likeness (QED) is 0.595. The van der Waals surface area contributed by atoms with E-state index in [0.717, 1.165) is 31.4 Å². The lowest BCUT2D eigenvalue weighted by Crippen LogP contribution is -2.26. The van der Waals surface area contributed by atoms with E-state index in [1.165, 1.54) is 24.3 Å². The van der Waals surface area contributed by atoms with Gasteiger partial charge in [0, 0.05) is 12.3 Å². The van der Waals surface area contributed by atoms with Gasteiger partial charge in [0.1, 0.15) is 11.5 Å². The minimum atomic E-state index is -4.46. The van der Waals surface area contributed by atoms with Crippen molar-refractivity contribution in [2.24, 2.45) is 0 Å². The van der Waals surface area contributed by atoms with Gasteiger partial charge < -0.3 is 14.6 Å². The molecule has 2 rings (SSSR count). The van der Waals surface area contributed by atoms with E-state index >= 15 is 0 Å². The topological polar surface area (TPSA) is 68.7 Å². The first-order valence-electron chi connectivity index (χ1n) is 8.50. The standard InChI is InChI=1S/C19H20F3NO4/c1-2-3-4-5-16(18(24)25)26-14-7-9-15(10-8-14)27-17-11-6-13(12-23-17)19(20,21)22/h6-12,16H,2-5H2,1H3,(H,24,25)/t16-/m0/s1. The molecule has 1 atom stereocenters. The number of carboxylic acid groups (broad SMARTS) is 1. The lowest BCUT2D eigenvalue weighted by Gasteiger charge is -2.15. The summed E-state index contributed by atoms with van der Waals surface area (Å²) in [5.74, 6) is -0.306. The summed E-state index contributed by atoms with van der Waals surface area (Å²) in [4.78, 5) is 14.9. The van der Waals surface area contributed by atoms with Gasteiger partial charge in [-0.25, -0.2) is 9.78 Å². The number of aliphatic carboxylic acids is 1. The second-order valence-electron chi connectivity index (χ2n) is 5.90. The highest BCUT2D eigenvalue weighted by atomic mass is 19.4. The molecule has 0 fully saturated rings. The number of rotatable bonds is 9. The Morgan fingerprint density at radius 2 is 1.78 bits per heavy atom. The molecule has 0 bridgehead atoms. The van der Waals surface area contributed by atoms with Crippen LogP contribution in [0, 0.1) is 0 Å². The second kappa shape index (κ2) is 9.25. The number of hydrogen-bond donors (Lipinski definition) is 1. The zero-order chi connectivity index (χ0) is 19.9. The van der Waals surface area contributed by atoms with Gasteiger partial charge in [0.15, 0.2) is 6.10 Å². The molecule has 146 valence electrons. The highest BCUT2D eigenvalue weighted by Gasteiger charge is 2.30. The molecule has 1 aromatic heterocycles. The van der Waals surface area contributed by atoms with Crippen LogP contribution in [0.5, 0.6) is 17.4 Å². The molecule has 5 nitrogen and oxygen atoms in total. The van der Waals surface area contributed by atoms with E-state index < -0.39 is 23.8 Å². The molecule has 0 amide bonds. The first-order valence-corrected chi connectivity index (χ1v) is 8.50. The van der Waals surface area contributed by atoms with E-state index in [1.807, 2.05) is 6.92 Å². The SMILES string of the molecule is CCCCC[C@H](Oc1ccc(Oc2ccc(C(F)(F)F)cn2)cc1)C(=O)O. The van der Waals surface area contributed by atoms with Crippen molar-refractivity contribution in [3.63, 3.8) is 0 Å². The average molecular weight is 383 g/mol. The molecule has 1 aromatic carbocycles. The summed E-state index contributed by atoms with van der Waals surface area (Å²) in [5, 5.41) is 9.22. The van der Waals surface area contributed by atoms with Gasteiger partial charge >= 0.3 is 12.1 Å². The fourth-order valence-electron chi connectivity index (χ4n) is 2.29. The van der Waals surface area contributed by atoms with E-state index in [2.05, 4.69) is 4.98 Å². The van der Waals surface area contributed by atoms with Crippen molar-refractivity contribution in [1.82, 2.24) is 4.98 Å². The van der Waals surface area contributed by atoms with Crippen LogP contribution in [0.25, 0.3) is 0 Å². The molecule has 2 aromatic rings. The number of aromatic nitrogens is 1. The Morgan fingerprint density at radius 1 is 1.11 bits per heavy atom. The summed E-state index contributed by atoms with van der Waals surface area (Å²) in [6.07, 6.45) is -1.61. The van der Waals surface area contributed by atoms with Crippen molar-refractivity contribution >= 4 is 5.97 Å². The number of carbonyl (C=O) groups is 1. The average Bonchev–Trinajstić information content (AvgIpc) is 2.62. The fourth-order valence-corrected chi connectivity index (χ4v) is 2.29. The van der Waals surface area contributed by atoms with Gasteiger partial charge in [-0.3, -0.25) is 0 Å². The Labute approximate surface area is 154 Å². The van der Waals surface area contributed by atoms with E-state index in [4.69, 9.17) is 9.47 Å². The molecule has 0 aliphatic heterocycles. The molecule has 0 aliphatic carbocycles. The van der Waals surface area contributed by atoms with Gasteiger partial charge in [-0.15, -0.1) is 0 Å². The number of unbranched alkanes of at least 4 members (excludes halogenated alkanes) is 2. The number of carboxylic acids is 1. The van der Waals surface area contributed by atoms with Gasteiger partial charge in [0.05, 0.1) is 5.56 Å². The highest BCUT2D eigenvalue weighted by molar-refractivity contribution is 5.72. The number of hydrogen-bond acceptors (Lipinski definition) is 4. The molecular formula is C19H20F3NO4. The second-order valence-corrected chi connectivity index (χ2v) is 5.90. The van der Waals surface area contributed by atoms with Crippen LogP contribution in [0.4, 0.5) is 13.2 Å². The molecular weight excluding hydrogens is 363 g/mol. The van der Waals surface area contributed by atoms with E-state index in [1.54, 1.807) is 0 Å². The van der Waals surface area contributed by atoms with Crippen LogP contribution in [-0.2, 0) is 11.0 Å². The number of ether oxygens (including phenoxy) is 2. The van der Waals surface area contributed by atoms with Gasteiger partial charge in [-0.2, -0.15) is 13.2 Å². The van der Waals surface area contributed by atoms with E-state index in [-0.39, 0.29) is 5.88 Å². The number of benzene rings is 1. The van der Waals surface area contributed by atoms with Crippen LogP contribution in [0.3, 0.4) is 0 Å².